The summed E-state index contributed by atoms with van der Waals surface area (Å²) < 4.78 is 77.7. The molecular formula is C21H21F6NO. The smallest absolute Gasteiger partial charge is 0.369 e. The van der Waals surface area contributed by atoms with Crippen molar-refractivity contribution in [1.29, 1.82) is 0 Å². The zero-order valence-electron chi connectivity index (χ0n) is 15.5. The lowest BCUT2D eigenvalue weighted by Gasteiger charge is -2.33. The zero-order chi connectivity index (χ0) is 21.3. The SMILES string of the molecule is OC(c1ccc(CN2CCC(c3ccccc3)CC2)cc1)(C(F)(F)F)C(F)(F)F. The van der Waals surface area contributed by atoms with E-state index in [1.807, 2.05) is 18.2 Å². The highest BCUT2D eigenvalue weighted by Gasteiger charge is 2.71. The molecular weight excluding hydrogens is 396 g/mol. The van der Waals surface area contributed by atoms with Gasteiger partial charge in [-0.3, -0.25) is 4.90 Å². The summed E-state index contributed by atoms with van der Waals surface area (Å²) in [5.74, 6) is 0.448. The lowest BCUT2D eigenvalue weighted by molar-refractivity contribution is -0.376. The van der Waals surface area contributed by atoms with Crippen molar-refractivity contribution in [2.75, 3.05) is 13.1 Å². The predicted octanol–water partition coefficient (Wildman–Crippen LogP) is 5.38. The third kappa shape index (κ3) is 4.43. The van der Waals surface area contributed by atoms with Gasteiger partial charge in [0.1, 0.15) is 0 Å². The van der Waals surface area contributed by atoms with E-state index < -0.39 is 23.5 Å². The van der Waals surface area contributed by atoms with E-state index in [9.17, 15) is 31.4 Å². The number of halogens is 6. The molecule has 1 saturated heterocycles. The predicted molar refractivity (Wildman–Crippen MR) is 96.1 cm³/mol. The number of hydrogen-bond acceptors (Lipinski definition) is 2. The standard InChI is InChI=1S/C21H21F6NO/c22-20(23,24)19(29,21(25,26)27)18-8-6-15(7-9-18)14-28-12-10-17(11-13-28)16-4-2-1-3-5-16/h1-9,17,29H,10-14H2. The first-order chi connectivity index (χ1) is 13.5. The number of piperidine rings is 1. The van der Waals surface area contributed by atoms with Crippen LogP contribution in [0.1, 0.15) is 35.4 Å². The van der Waals surface area contributed by atoms with Crippen LogP contribution in [0, 0.1) is 0 Å². The Morgan fingerprint density at radius 1 is 0.793 bits per heavy atom. The Labute approximate surface area is 164 Å². The van der Waals surface area contributed by atoms with Crippen LogP contribution in [0.2, 0.25) is 0 Å². The van der Waals surface area contributed by atoms with E-state index in [1.54, 1.807) is 0 Å². The molecule has 3 rings (SSSR count). The van der Waals surface area contributed by atoms with Crippen molar-refractivity contribution in [1.82, 2.24) is 4.90 Å². The minimum absolute atomic E-state index is 0.429. The molecule has 0 atom stereocenters. The summed E-state index contributed by atoms with van der Waals surface area (Å²) in [6.45, 7) is 2.00. The Morgan fingerprint density at radius 3 is 1.79 bits per heavy atom. The van der Waals surface area contributed by atoms with Gasteiger partial charge in [-0.15, -0.1) is 0 Å². The second kappa shape index (κ2) is 7.99. The van der Waals surface area contributed by atoms with Crippen molar-refractivity contribution in [3.05, 3.63) is 71.3 Å². The fourth-order valence-corrected chi connectivity index (χ4v) is 3.75. The summed E-state index contributed by atoms with van der Waals surface area (Å²) in [6.07, 6.45) is -9.87. The average molecular weight is 417 g/mol. The first-order valence-corrected chi connectivity index (χ1v) is 9.25. The Hall–Kier alpha value is -2.06. The number of alkyl halides is 6. The molecule has 1 heterocycles. The molecule has 1 aliphatic heterocycles. The zero-order valence-corrected chi connectivity index (χ0v) is 15.5. The van der Waals surface area contributed by atoms with Crippen LogP contribution in [0.4, 0.5) is 26.3 Å². The minimum atomic E-state index is -5.87. The molecule has 2 aromatic rings. The molecule has 2 aromatic carbocycles. The maximum absolute atomic E-state index is 13.0. The minimum Gasteiger partial charge on any atom is -0.369 e. The van der Waals surface area contributed by atoms with Crippen molar-refractivity contribution < 1.29 is 31.4 Å². The summed E-state index contributed by atoms with van der Waals surface area (Å²) in [4.78, 5) is 2.12. The Bertz CT molecular complexity index is 779. The fraction of sp³-hybridized carbons (Fsp3) is 0.429. The molecule has 0 unspecified atom stereocenters. The van der Waals surface area contributed by atoms with Crippen molar-refractivity contribution in [2.45, 2.75) is 43.3 Å². The molecule has 1 fully saturated rings. The monoisotopic (exact) mass is 417 g/mol. The molecule has 0 radical (unpaired) electrons. The number of hydrogen-bond donors (Lipinski definition) is 1. The third-order valence-electron chi connectivity index (χ3n) is 5.46. The maximum Gasteiger partial charge on any atom is 0.430 e. The van der Waals surface area contributed by atoms with Gasteiger partial charge >= 0.3 is 12.4 Å². The fourth-order valence-electron chi connectivity index (χ4n) is 3.75. The van der Waals surface area contributed by atoms with E-state index >= 15 is 0 Å². The summed E-state index contributed by atoms with van der Waals surface area (Å²) in [5, 5.41) is 9.44. The maximum atomic E-state index is 13.0. The van der Waals surface area contributed by atoms with Gasteiger partial charge in [0.15, 0.2) is 0 Å². The number of aliphatic hydroxyl groups is 1. The molecule has 8 heteroatoms. The van der Waals surface area contributed by atoms with Crippen LogP contribution in [0.15, 0.2) is 54.6 Å². The molecule has 0 aliphatic carbocycles. The normalized spacial score (nSPS) is 17.5. The van der Waals surface area contributed by atoms with E-state index in [1.165, 1.54) is 17.7 Å². The largest absolute Gasteiger partial charge is 0.430 e. The number of nitrogens with zero attached hydrogens (tertiary/aromatic N) is 1. The molecule has 0 aromatic heterocycles. The van der Waals surface area contributed by atoms with E-state index in [4.69, 9.17) is 0 Å². The second-order valence-corrected chi connectivity index (χ2v) is 7.36. The van der Waals surface area contributed by atoms with Crippen LogP contribution in [-0.2, 0) is 12.1 Å². The summed E-state index contributed by atoms with van der Waals surface area (Å²) in [7, 11) is 0. The first-order valence-electron chi connectivity index (χ1n) is 9.25. The molecule has 0 bridgehead atoms. The van der Waals surface area contributed by atoms with Crippen molar-refractivity contribution in [3.63, 3.8) is 0 Å². The molecule has 1 aliphatic rings. The first kappa shape index (κ1) is 21.6. The van der Waals surface area contributed by atoms with E-state index in [2.05, 4.69) is 17.0 Å². The van der Waals surface area contributed by atoms with Crippen molar-refractivity contribution in [3.8, 4) is 0 Å². The average Bonchev–Trinajstić information content (AvgIpc) is 2.67. The lowest BCUT2D eigenvalue weighted by atomic mass is 9.89. The molecule has 29 heavy (non-hydrogen) atoms. The number of likely N-dealkylation sites (tertiary alicyclic amines) is 1. The molecule has 0 amide bonds. The molecule has 2 nitrogen and oxygen atoms in total. The summed E-state index contributed by atoms with van der Waals surface area (Å²) in [6, 6.07) is 13.9. The Morgan fingerprint density at radius 2 is 1.31 bits per heavy atom. The molecule has 158 valence electrons. The Kier molecular flexibility index (Phi) is 5.96. The van der Waals surface area contributed by atoms with Crippen molar-refractivity contribution >= 4 is 0 Å². The molecule has 1 N–H and O–H groups in total. The highest BCUT2D eigenvalue weighted by molar-refractivity contribution is 5.30. The van der Waals surface area contributed by atoms with Crippen LogP contribution < -0.4 is 0 Å². The number of benzene rings is 2. The topological polar surface area (TPSA) is 23.5 Å². The van der Waals surface area contributed by atoms with E-state index in [-0.39, 0.29) is 0 Å². The summed E-state index contributed by atoms with van der Waals surface area (Å²) in [5.41, 5.74) is -4.25. The quantitative estimate of drug-likeness (QED) is 0.676. The highest BCUT2D eigenvalue weighted by atomic mass is 19.4. The highest BCUT2D eigenvalue weighted by Crippen LogP contribution is 2.50. The lowest BCUT2D eigenvalue weighted by Crippen LogP contribution is -2.53. The molecule has 0 spiro atoms. The van der Waals surface area contributed by atoms with E-state index in [0.717, 1.165) is 25.9 Å². The van der Waals surface area contributed by atoms with Gasteiger partial charge in [-0.2, -0.15) is 26.3 Å². The van der Waals surface area contributed by atoms with Crippen LogP contribution in [0.3, 0.4) is 0 Å². The van der Waals surface area contributed by atoms with E-state index in [0.29, 0.717) is 30.2 Å². The van der Waals surface area contributed by atoms with Gasteiger partial charge in [-0.05, 0) is 43.0 Å². The van der Waals surface area contributed by atoms with Crippen LogP contribution in [-0.4, -0.2) is 35.4 Å². The van der Waals surface area contributed by atoms with Gasteiger partial charge in [0.2, 0.25) is 0 Å². The van der Waals surface area contributed by atoms with Gasteiger partial charge in [-0.1, -0.05) is 54.6 Å². The van der Waals surface area contributed by atoms with Gasteiger partial charge in [0.25, 0.3) is 5.60 Å². The Balaban J connectivity index is 1.66. The number of rotatable bonds is 4. The van der Waals surface area contributed by atoms with Crippen LogP contribution in [0.5, 0.6) is 0 Å². The van der Waals surface area contributed by atoms with Crippen LogP contribution >= 0.6 is 0 Å². The third-order valence-corrected chi connectivity index (χ3v) is 5.46. The van der Waals surface area contributed by atoms with Crippen LogP contribution in [0.25, 0.3) is 0 Å². The summed E-state index contributed by atoms with van der Waals surface area (Å²) >= 11 is 0. The van der Waals surface area contributed by atoms with Crippen molar-refractivity contribution in [2.24, 2.45) is 0 Å². The van der Waals surface area contributed by atoms with Gasteiger partial charge in [0.05, 0.1) is 0 Å². The van der Waals surface area contributed by atoms with Gasteiger partial charge in [-0.25, -0.2) is 0 Å². The van der Waals surface area contributed by atoms with Gasteiger partial charge in [0, 0.05) is 12.1 Å². The second-order valence-electron chi connectivity index (χ2n) is 7.36. The van der Waals surface area contributed by atoms with Gasteiger partial charge < -0.3 is 5.11 Å². The molecule has 0 saturated carbocycles.